The van der Waals surface area contributed by atoms with Crippen LogP contribution in [0.1, 0.15) is 48.0 Å². The minimum atomic E-state index is -1.78. The van der Waals surface area contributed by atoms with Crippen LogP contribution >= 0.6 is 11.6 Å². The molecule has 2 rings (SSSR count). The van der Waals surface area contributed by atoms with Gasteiger partial charge in [-0.15, -0.1) is 0 Å². The number of ketones is 1. The van der Waals surface area contributed by atoms with Crippen LogP contribution in [-0.2, 0) is 15.7 Å². The largest absolute Gasteiger partial charge is 0.492 e. The summed E-state index contributed by atoms with van der Waals surface area (Å²) in [6.07, 6.45) is 2.36. The van der Waals surface area contributed by atoms with Gasteiger partial charge in [-0.1, -0.05) is 44.5 Å². The molecule has 0 saturated heterocycles. The van der Waals surface area contributed by atoms with Crippen LogP contribution in [0.15, 0.2) is 36.5 Å². The van der Waals surface area contributed by atoms with E-state index in [1.165, 1.54) is 11.7 Å². The van der Waals surface area contributed by atoms with Crippen molar-refractivity contribution in [2.24, 2.45) is 0 Å². The smallest absolute Gasteiger partial charge is 0.354 e. The zero-order chi connectivity index (χ0) is 23.2. The molecule has 0 fully saturated rings. The van der Waals surface area contributed by atoms with E-state index in [2.05, 4.69) is 33.9 Å². The molecule has 0 aliphatic rings. The average molecular weight is 466 g/mol. The summed E-state index contributed by atoms with van der Waals surface area (Å²) in [5.41, 5.74) is 0.648. The molecule has 0 N–H and O–H groups in total. The first-order valence-corrected chi connectivity index (χ1v) is 13.6. The summed E-state index contributed by atoms with van der Waals surface area (Å²) in [5.74, 6) is -0.247. The monoisotopic (exact) mass is 465 g/mol. The third-order valence-corrected chi connectivity index (χ3v) is 10.4. The van der Waals surface area contributed by atoms with Gasteiger partial charge in [0.2, 0.25) is 0 Å². The fourth-order valence-corrected chi connectivity index (χ4v) is 4.02. The highest BCUT2D eigenvalue weighted by Gasteiger charge is 2.36. The predicted molar refractivity (Wildman–Crippen MR) is 125 cm³/mol. The lowest BCUT2D eigenvalue weighted by molar-refractivity contribution is 0.0588. The van der Waals surface area contributed by atoms with Crippen molar-refractivity contribution < 1.29 is 23.5 Å². The van der Waals surface area contributed by atoms with Crippen molar-refractivity contribution >= 4 is 31.7 Å². The van der Waals surface area contributed by atoms with Gasteiger partial charge in [0.05, 0.1) is 25.3 Å². The number of carbonyl (C=O) groups excluding carboxylic acids is 2. The van der Waals surface area contributed by atoms with E-state index < -0.39 is 14.3 Å². The molecular weight excluding hydrogens is 434 g/mol. The van der Waals surface area contributed by atoms with Gasteiger partial charge < -0.3 is 18.5 Å². The third kappa shape index (κ3) is 6.69. The van der Waals surface area contributed by atoms with E-state index in [4.69, 9.17) is 25.5 Å². The summed E-state index contributed by atoms with van der Waals surface area (Å²) < 4.78 is 18.3. The summed E-state index contributed by atoms with van der Waals surface area (Å²) in [7, 11) is -0.483. The van der Waals surface area contributed by atoms with E-state index in [0.29, 0.717) is 29.5 Å². The number of ether oxygens (including phenoxy) is 2. The molecule has 1 heterocycles. The Morgan fingerprint density at radius 3 is 2.42 bits per heavy atom. The molecule has 1 aromatic heterocycles. The molecule has 6 nitrogen and oxygen atoms in total. The normalized spacial score (nSPS) is 12.0. The minimum Gasteiger partial charge on any atom is -0.492 e. The van der Waals surface area contributed by atoms with Crippen LogP contribution in [0, 0.1) is 0 Å². The molecule has 2 aromatic rings. The summed E-state index contributed by atoms with van der Waals surface area (Å²) in [6, 6.07) is 8.41. The van der Waals surface area contributed by atoms with E-state index >= 15 is 0 Å². The first-order valence-electron chi connectivity index (χ1n) is 10.3. The molecule has 31 heavy (non-hydrogen) atoms. The second-order valence-electron chi connectivity index (χ2n) is 8.89. The number of methoxy groups -OCH3 is 1. The fraction of sp³-hybridized carbons (Fsp3) is 0.478. The van der Waals surface area contributed by atoms with Crippen molar-refractivity contribution in [3.05, 3.63) is 52.8 Å². The topological polar surface area (TPSA) is 66.8 Å². The summed E-state index contributed by atoms with van der Waals surface area (Å²) in [5, 5.41) is 0.534. The number of esters is 1. The van der Waals surface area contributed by atoms with Gasteiger partial charge in [-0.3, -0.25) is 4.79 Å². The molecule has 0 aliphatic heterocycles. The highest BCUT2D eigenvalue weighted by Crippen LogP contribution is 2.36. The Labute approximate surface area is 190 Å². The van der Waals surface area contributed by atoms with Gasteiger partial charge in [-0.25, -0.2) is 4.79 Å². The van der Waals surface area contributed by atoms with Gasteiger partial charge in [0.25, 0.3) is 0 Å². The maximum atomic E-state index is 12.7. The predicted octanol–water partition coefficient (Wildman–Crippen LogP) is 5.60. The number of aromatic nitrogens is 1. The lowest BCUT2D eigenvalue weighted by Crippen LogP contribution is -2.41. The van der Waals surface area contributed by atoms with Crippen molar-refractivity contribution in [2.75, 3.05) is 20.3 Å². The van der Waals surface area contributed by atoms with Crippen molar-refractivity contribution in [3.8, 4) is 5.75 Å². The van der Waals surface area contributed by atoms with Crippen molar-refractivity contribution in [2.45, 2.75) is 51.9 Å². The maximum Gasteiger partial charge on any atom is 0.354 e. The Morgan fingerprint density at radius 2 is 1.81 bits per heavy atom. The second-order valence-corrected chi connectivity index (χ2v) is 14.1. The zero-order valence-corrected chi connectivity index (χ0v) is 20.9. The number of hydrogen-bond acceptors (Lipinski definition) is 5. The van der Waals surface area contributed by atoms with Gasteiger partial charge >= 0.3 is 5.97 Å². The Hall–Kier alpha value is -2.09. The van der Waals surface area contributed by atoms with Crippen LogP contribution in [-0.4, -0.2) is 45.0 Å². The molecule has 0 radical (unpaired) electrons. The molecule has 170 valence electrons. The van der Waals surface area contributed by atoms with Gasteiger partial charge in [0.15, 0.2) is 14.1 Å². The number of benzene rings is 1. The summed E-state index contributed by atoms with van der Waals surface area (Å²) in [4.78, 5) is 24.8. The first-order chi connectivity index (χ1) is 14.5. The minimum absolute atomic E-state index is 0.0496. The van der Waals surface area contributed by atoms with Crippen LogP contribution in [0.2, 0.25) is 23.2 Å². The van der Waals surface area contributed by atoms with Crippen molar-refractivity contribution in [1.29, 1.82) is 0 Å². The van der Waals surface area contributed by atoms with Gasteiger partial charge in [0, 0.05) is 30.9 Å². The molecule has 0 aliphatic carbocycles. The molecule has 0 saturated carbocycles. The van der Waals surface area contributed by atoms with E-state index in [9.17, 15) is 9.59 Å². The Balaban J connectivity index is 2.01. The van der Waals surface area contributed by atoms with Gasteiger partial charge in [-0.2, -0.15) is 0 Å². The fourth-order valence-electron chi connectivity index (χ4n) is 2.69. The molecule has 0 unspecified atom stereocenters. The quantitative estimate of drug-likeness (QED) is 0.198. The highest BCUT2D eigenvalue weighted by molar-refractivity contribution is 6.74. The Bertz CT molecular complexity index is 917. The molecule has 0 bridgehead atoms. The maximum absolute atomic E-state index is 12.7. The number of Topliss-reactive ketones (excluding diaryl/α,β-unsaturated/α-hetero) is 1. The molecule has 1 aromatic carbocycles. The van der Waals surface area contributed by atoms with E-state index in [-0.39, 0.29) is 23.1 Å². The molecule has 0 amide bonds. The van der Waals surface area contributed by atoms with Crippen LogP contribution in [0.25, 0.3) is 0 Å². The zero-order valence-electron chi connectivity index (χ0n) is 19.2. The number of carbonyl (C=O) groups is 2. The number of rotatable bonds is 10. The Kier molecular flexibility index (Phi) is 8.51. The second kappa shape index (κ2) is 10.5. The molecule has 0 spiro atoms. The first kappa shape index (κ1) is 25.2. The summed E-state index contributed by atoms with van der Waals surface area (Å²) in [6.45, 7) is 12.1. The van der Waals surface area contributed by atoms with Crippen molar-refractivity contribution in [1.82, 2.24) is 4.57 Å². The number of halogens is 1. The van der Waals surface area contributed by atoms with E-state index in [0.717, 1.165) is 6.42 Å². The van der Waals surface area contributed by atoms with Crippen LogP contribution in [0.4, 0.5) is 0 Å². The summed E-state index contributed by atoms with van der Waals surface area (Å²) >= 11 is 6.12. The van der Waals surface area contributed by atoms with Gasteiger partial charge in [-0.05, 0) is 30.3 Å². The van der Waals surface area contributed by atoms with E-state index in [1.54, 1.807) is 36.5 Å². The highest BCUT2D eigenvalue weighted by atomic mass is 35.5. The Morgan fingerprint density at radius 1 is 1.13 bits per heavy atom. The standard InChI is InChI=1S/C23H32ClNO5Si/c1-23(2,3)31(5,6)30-13-9-12-29-17-14-20(22(27)28-4)25(15-17)16-21(26)18-10-7-8-11-19(18)24/h7-8,10-11,14-15H,9,12-13,16H2,1-6H3. The van der Waals surface area contributed by atoms with Crippen molar-refractivity contribution in [3.63, 3.8) is 0 Å². The van der Waals surface area contributed by atoms with Crippen LogP contribution < -0.4 is 4.74 Å². The molecule has 0 atom stereocenters. The van der Waals surface area contributed by atoms with E-state index in [1.807, 2.05) is 0 Å². The van der Waals surface area contributed by atoms with Crippen LogP contribution in [0.5, 0.6) is 5.75 Å². The molecular formula is C23H32ClNO5Si. The SMILES string of the molecule is COC(=O)c1cc(OCCCO[Si](C)(C)C(C)(C)C)cn1CC(=O)c1ccccc1Cl. The number of hydrogen-bond donors (Lipinski definition) is 0. The third-order valence-electron chi connectivity index (χ3n) is 5.58. The molecule has 8 heteroatoms. The lowest BCUT2D eigenvalue weighted by Gasteiger charge is -2.36. The lowest BCUT2D eigenvalue weighted by atomic mass is 10.1. The van der Waals surface area contributed by atoms with Crippen LogP contribution in [0.3, 0.4) is 0 Å². The van der Waals surface area contributed by atoms with Gasteiger partial charge in [0.1, 0.15) is 11.4 Å². The average Bonchev–Trinajstić information content (AvgIpc) is 3.08. The number of nitrogens with zero attached hydrogens (tertiary/aromatic N) is 1.